The predicted octanol–water partition coefficient (Wildman–Crippen LogP) is 3.90. The predicted molar refractivity (Wildman–Crippen MR) is 96.9 cm³/mol. The van der Waals surface area contributed by atoms with Gasteiger partial charge in [-0.15, -0.1) is 0 Å². The lowest BCUT2D eigenvalue weighted by Gasteiger charge is -2.17. The molecule has 124 valence electrons. The molecule has 0 radical (unpaired) electrons. The normalized spacial score (nSPS) is 18.0. The number of methoxy groups -OCH3 is 1. The molecule has 2 aromatic rings. The van der Waals surface area contributed by atoms with Gasteiger partial charge in [0.25, 0.3) is 0 Å². The minimum absolute atomic E-state index is 0.0540. The fraction of sp³-hybridized carbons (Fsp3) is 0.300. The van der Waals surface area contributed by atoms with E-state index in [1.54, 1.807) is 7.11 Å². The molecule has 1 heterocycles. The average molecular weight is 322 g/mol. The third kappa shape index (κ3) is 3.04. The Morgan fingerprint density at radius 1 is 1.21 bits per heavy atom. The summed E-state index contributed by atoms with van der Waals surface area (Å²) in [6, 6.07) is 15.2. The quantitative estimate of drug-likeness (QED) is 0.928. The minimum atomic E-state index is -0.399. The van der Waals surface area contributed by atoms with Gasteiger partial charge in [-0.25, -0.2) is 0 Å². The zero-order valence-electron chi connectivity index (χ0n) is 14.2. The van der Waals surface area contributed by atoms with E-state index < -0.39 is 6.04 Å². The zero-order valence-corrected chi connectivity index (χ0v) is 14.2. The number of benzodiazepines with no additional fused rings is 1. The Kier molecular flexibility index (Phi) is 4.65. The largest absolute Gasteiger partial charge is 0.497 e. The molecule has 2 atom stereocenters. The van der Waals surface area contributed by atoms with Crippen LogP contribution in [0.4, 0.5) is 5.69 Å². The van der Waals surface area contributed by atoms with Crippen molar-refractivity contribution >= 4 is 17.3 Å². The number of carbonyl (C=O) groups excluding carboxylic acids is 1. The number of aliphatic imine (C=N–C) groups is 1. The number of hydrogen-bond acceptors (Lipinski definition) is 3. The molecule has 0 aliphatic carbocycles. The number of amides is 1. The lowest BCUT2D eigenvalue weighted by molar-refractivity contribution is -0.118. The standard InChI is InChI=1S/C20H22N2O2/c1-4-13(2)18-20(23)21-17-11-10-15(24-3)12-16(17)19(22-18)14-8-6-5-7-9-14/h5-13,18H,4H2,1-3H3,(H,21,23)/t13-,18?/m0/s1. The second-order valence-electron chi connectivity index (χ2n) is 6.07. The van der Waals surface area contributed by atoms with Crippen LogP contribution in [-0.2, 0) is 4.79 Å². The number of benzene rings is 2. The molecule has 0 fully saturated rings. The van der Waals surface area contributed by atoms with E-state index >= 15 is 0 Å². The van der Waals surface area contributed by atoms with Gasteiger partial charge in [0.05, 0.1) is 18.5 Å². The first kappa shape index (κ1) is 16.2. The lowest BCUT2D eigenvalue weighted by atomic mass is 9.98. The highest BCUT2D eigenvalue weighted by Crippen LogP contribution is 2.29. The molecule has 1 amide bonds. The molecule has 3 rings (SSSR count). The summed E-state index contributed by atoms with van der Waals surface area (Å²) in [6.45, 7) is 4.14. The average Bonchev–Trinajstić information content (AvgIpc) is 2.77. The van der Waals surface area contributed by atoms with E-state index in [0.29, 0.717) is 0 Å². The number of rotatable bonds is 4. The summed E-state index contributed by atoms with van der Waals surface area (Å²) in [5.74, 6) is 0.857. The van der Waals surface area contributed by atoms with Crippen LogP contribution in [0, 0.1) is 5.92 Å². The van der Waals surface area contributed by atoms with Crippen molar-refractivity contribution in [2.45, 2.75) is 26.3 Å². The van der Waals surface area contributed by atoms with E-state index in [2.05, 4.69) is 19.2 Å². The fourth-order valence-electron chi connectivity index (χ4n) is 2.86. The topological polar surface area (TPSA) is 50.7 Å². The molecule has 4 heteroatoms. The van der Waals surface area contributed by atoms with Crippen LogP contribution in [0.3, 0.4) is 0 Å². The third-order valence-electron chi connectivity index (χ3n) is 4.51. The molecule has 1 aliphatic rings. The van der Waals surface area contributed by atoms with Crippen LogP contribution in [-0.4, -0.2) is 24.8 Å². The van der Waals surface area contributed by atoms with Crippen molar-refractivity contribution in [3.8, 4) is 5.75 Å². The van der Waals surface area contributed by atoms with E-state index in [9.17, 15) is 4.79 Å². The molecular formula is C20H22N2O2. The van der Waals surface area contributed by atoms with Crippen LogP contribution >= 0.6 is 0 Å². The van der Waals surface area contributed by atoms with Crippen molar-refractivity contribution in [1.82, 2.24) is 0 Å². The molecule has 0 bridgehead atoms. The fourth-order valence-corrected chi connectivity index (χ4v) is 2.86. The maximum absolute atomic E-state index is 12.7. The monoisotopic (exact) mass is 322 g/mol. The van der Waals surface area contributed by atoms with Crippen molar-refractivity contribution in [3.63, 3.8) is 0 Å². The van der Waals surface area contributed by atoms with E-state index in [1.165, 1.54) is 0 Å². The molecule has 0 saturated heterocycles. The van der Waals surface area contributed by atoms with Crippen LogP contribution < -0.4 is 10.1 Å². The van der Waals surface area contributed by atoms with E-state index in [0.717, 1.165) is 34.7 Å². The Morgan fingerprint density at radius 2 is 1.96 bits per heavy atom. The molecule has 0 saturated carbocycles. The minimum Gasteiger partial charge on any atom is -0.497 e. The number of nitrogens with one attached hydrogen (secondary N) is 1. The van der Waals surface area contributed by atoms with Gasteiger partial charge in [-0.2, -0.15) is 0 Å². The smallest absolute Gasteiger partial charge is 0.249 e. The number of ether oxygens (including phenoxy) is 1. The van der Waals surface area contributed by atoms with Crippen molar-refractivity contribution in [1.29, 1.82) is 0 Å². The maximum Gasteiger partial charge on any atom is 0.249 e. The van der Waals surface area contributed by atoms with Gasteiger partial charge in [0.15, 0.2) is 0 Å². The van der Waals surface area contributed by atoms with E-state index in [4.69, 9.17) is 9.73 Å². The lowest BCUT2D eigenvalue weighted by Crippen LogP contribution is -2.31. The molecule has 1 aliphatic heterocycles. The third-order valence-corrected chi connectivity index (χ3v) is 4.51. The van der Waals surface area contributed by atoms with Gasteiger partial charge in [0, 0.05) is 11.1 Å². The summed E-state index contributed by atoms with van der Waals surface area (Å²) in [4.78, 5) is 17.5. The second-order valence-corrected chi connectivity index (χ2v) is 6.07. The molecule has 4 nitrogen and oxygen atoms in total. The van der Waals surface area contributed by atoms with Crippen molar-refractivity contribution in [2.24, 2.45) is 10.9 Å². The highest BCUT2D eigenvalue weighted by Gasteiger charge is 2.29. The van der Waals surface area contributed by atoms with Crippen molar-refractivity contribution < 1.29 is 9.53 Å². The van der Waals surface area contributed by atoms with E-state index in [-0.39, 0.29) is 11.8 Å². The summed E-state index contributed by atoms with van der Waals surface area (Å²) in [5, 5.41) is 3.03. The molecule has 24 heavy (non-hydrogen) atoms. The number of hydrogen-bond donors (Lipinski definition) is 1. The Balaban J connectivity index is 2.20. The Hall–Kier alpha value is -2.62. The summed E-state index contributed by atoms with van der Waals surface area (Å²) in [6.07, 6.45) is 0.892. The molecular weight excluding hydrogens is 300 g/mol. The summed E-state index contributed by atoms with van der Waals surface area (Å²) >= 11 is 0. The van der Waals surface area contributed by atoms with Gasteiger partial charge in [-0.05, 0) is 24.1 Å². The van der Waals surface area contributed by atoms with Crippen LogP contribution in [0.1, 0.15) is 31.4 Å². The van der Waals surface area contributed by atoms with Crippen molar-refractivity contribution in [2.75, 3.05) is 12.4 Å². The van der Waals surface area contributed by atoms with Gasteiger partial charge in [0.2, 0.25) is 5.91 Å². The van der Waals surface area contributed by atoms with Crippen LogP contribution in [0.2, 0.25) is 0 Å². The van der Waals surface area contributed by atoms with Gasteiger partial charge in [-0.3, -0.25) is 9.79 Å². The first-order valence-corrected chi connectivity index (χ1v) is 8.26. The van der Waals surface area contributed by atoms with Crippen molar-refractivity contribution in [3.05, 3.63) is 59.7 Å². The molecule has 0 spiro atoms. The first-order chi connectivity index (χ1) is 11.6. The number of carbonyl (C=O) groups is 1. The van der Waals surface area contributed by atoms with Gasteiger partial charge < -0.3 is 10.1 Å². The van der Waals surface area contributed by atoms with Gasteiger partial charge in [-0.1, -0.05) is 50.6 Å². The molecule has 0 aromatic heterocycles. The van der Waals surface area contributed by atoms with Crippen LogP contribution in [0.15, 0.2) is 53.5 Å². The number of anilines is 1. The number of fused-ring (bicyclic) bond motifs is 1. The summed E-state index contributed by atoms with van der Waals surface area (Å²) < 4.78 is 5.36. The van der Waals surface area contributed by atoms with Gasteiger partial charge in [0.1, 0.15) is 11.8 Å². The Morgan fingerprint density at radius 3 is 2.62 bits per heavy atom. The molecule has 1 unspecified atom stereocenters. The Bertz CT molecular complexity index is 768. The second kappa shape index (κ2) is 6.87. The maximum atomic E-state index is 12.7. The first-order valence-electron chi connectivity index (χ1n) is 8.26. The summed E-state index contributed by atoms with van der Waals surface area (Å²) in [7, 11) is 1.64. The highest BCUT2D eigenvalue weighted by atomic mass is 16.5. The zero-order chi connectivity index (χ0) is 17.1. The van der Waals surface area contributed by atoms with E-state index in [1.807, 2.05) is 48.5 Å². The molecule has 2 aromatic carbocycles. The summed E-state index contributed by atoms with van der Waals surface area (Å²) in [5.41, 5.74) is 3.49. The number of nitrogens with zero attached hydrogens (tertiary/aromatic N) is 1. The van der Waals surface area contributed by atoms with Crippen LogP contribution in [0.25, 0.3) is 0 Å². The van der Waals surface area contributed by atoms with Gasteiger partial charge >= 0.3 is 0 Å². The SMILES string of the molecule is CC[C@H](C)C1N=C(c2ccccc2)c2cc(OC)ccc2NC1=O. The highest BCUT2D eigenvalue weighted by molar-refractivity contribution is 6.19. The van der Waals surface area contributed by atoms with Crippen LogP contribution in [0.5, 0.6) is 5.75 Å². The molecule has 1 N–H and O–H groups in total. The Labute approximate surface area is 142 Å².